The summed E-state index contributed by atoms with van der Waals surface area (Å²) >= 11 is 4.84. The van der Waals surface area contributed by atoms with Crippen molar-refractivity contribution in [2.45, 2.75) is 0 Å². The monoisotopic (exact) mass is 285 g/mol. The van der Waals surface area contributed by atoms with Crippen LogP contribution in [0.5, 0.6) is 0 Å². The smallest absolute Gasteiger partial charge is 0.244 e. The second-order valence-corrected chi connectivity index (χ2v) is 4.72. The van der Waals surface area contributed by atoms with Gasteiger partial charge in [-0.1, -0.05) is 24.4 Å². The lowest BCUT2D eigenvalue weighted by Gasteiger charge is -2.29. The molecule has 1 aliphatic rings. The minimum atomic E-state index is -0.0936. The van der Waals surface area contributed by atoms with Gasteiger partial charge >= 0.3 is 0 Å². The summed E-state index contributed by atoms with van der Waals surface area (Å²) in [5, 5.41) is 2.82. The van der Waals surface area contributed by atoms with Gasteiger partial charge in [0.2, 0.25) is 5.91 Å². The highest BCUT2D eigenvalue weighted by atomic mass is 32.1. The van der Waals surface area contributed by atoms with Crippen molar-refractivity contribution >= 4 is 40.3 Å². The van der Waals surface area contributed by atoms with Crippen LogP contribution in [0.2, 0.25) is 0 Å². The number of hydrogen-bond donors (Lipinski definition) is 2. The van der Waals surface area contributed by atoms with Gasteiger partial charge in [0.1, 0.15) is 17.2 Å². The van der Waals surface area contributed by atoms with E-state index in [9.17, 15) is 4.79 Å². The fraction of sp³-hybridized carbons (Fsp3) is 0.0769. The summed E-state index contributed by atoms with van der Waals surface area (Å²) in [5.41, 5.74) is 7.58. The van der Waals surface area contributed by atoms with Gasteiger partial charge in [0, 0.05) is 0 Å². The Morgan fingerprint density at radius 2 is 2.10 bits per heavy atom. The van der Waals surface area contributed by atoms with Gasteiger partial charge in [-0.15, -0.1) is 0 Å². The molecule has 2 heterocycles. The fourth-order valence-electron chi connectivity index (χ4n) is 2.03. The first-order valence-electron chi connectivity index (χ1n) is 5.93. The van der Waals surface area contributed by atoms with E-state index in [1.165, 1.54) is 6.20 Å². The normalized spacial score (nSPS) is 13.6. The lowest BCUT2D eigenvalue weighted by molar-refractivity contribution is -0.115. The molecule has 0 unspecified atom stereocenters. The number of para-hydroxylation sites is 2. The van der Waals surface area contributed by atoms with Crippen molar-refractivity contribution in [3.05, 3.63) is 42.4 Å². The summed E-state index contributed by atoms with van der Waals surface area (Å²) in [6, 6.07) is 7.53. The molecule has 1 aromatic heterocycles. The first kappa shape index (κ1) is 12.5. The van der Waals surface area contributed by atoms with Crippen LogP contribution in [-0.4, -0.2) is 27.4 Å². The van der Waals surface area contributed by atoms with Crippen molar-refractivity contribution in [1.82, 2.24) is 9.97 Å². The van der Waals surface area contributed by atoms with E-state index in [1.807, 2.05) is 24.3 Å². The van der Waals surface area contributed by atoms with E-state index >= 15 is 0 Å². The maximum Gasteiger partial charge on any atom is 0.244 e. The number of rotatable bonds is 2. The van der Waals surface area contributed by atoms with Crippen molar-refractivity contribution in [2.24, 2.45) is 5.73 Å². The highest BCUT2D eigenvalue weighted by molar-refractivity contribution is 7.80. The van der Waals surface area contributed by atoms with Crippen LogP contribution >= 0.6 is 12.2 Å². The summed E-state index contributed by atoms with van der Waals surface area (Å²) in [4.78, 5) is 22.2. The highest BCUT2D eigenvalue weighted by Gasteiger charge is 2.23. The lowest BCUT2D eigenvalue weighted by atomic mass is 10.2. The summed E-state index contributed by atoms with van der Waals surface area (Å²) < 4.78 is 0. The molecular formula is C13H11N5OS. The van der Waals surface area contributed by atoms with Crippen LogP contribution in [-0.2, 0) is 4.79 Å². The molecule has 0 spiro atoms. The molecule has 100 valence electrons. The molecule has 6 nitrogen and oxygen atoms in total. The number of thiocarbonyl (C=S) groups is 1. The Hall–Kier alpha value is -2.54. The number of carbonyl (C=O) groups excluding carboxylic acids is 1. The van der Waals surface area contributed by atoms with E-state index in [4.69, 9.17) is 18.0 Å². The molecule has 1 amide bonds. The van der Waals surface area contributed by atoms with Crippen LogP contribution < -0.4 is 16.0 Å². The third-order valence-electron chi connectivity index (χ3n) is 2.94. The number of nitrogens with two attached hydrogens (primary N) is 1. The second kappa shape index (κ2) is 4.86. The molecule has 0 saturated carbocycles. The molecule has 0 bridgehead atoms. The molecule has 3 rings (SSSR count). The predicted molar refractivity (Wildman–Crippen MR) is 80.0 cm³/mol. The third-order valence-corrected chi connectivity index (χ3v) is 3.15. The zero-order chi connectivity index (χ0) is 14.1. The van der Waals surface area contributed by atoms with Crippen LogP contribution in [0.25, 0.3) is 0 Å². The predicted octanol–water partition coefficient (Wildman–Crippen LogP) is 1.20. The number of carbonyl (C=O) groups is 1. The Kier molecular flexibility index (Phi) is 3.03. The Balaban J connectivity index is 2.01. The Morgan fingerprint density at radius 1 is 1.30 bits per heavy atom. The van der Waals surface area contributed by atoms with E-state index in [0.717, 1.165) is 11.4 Å². The SMILES string of the molecule is NC(=S)c1cnc(N2CC(=O)Nc3ccccc32)cn1. The van der Waals surface area contributed by atoms with Gasteiger partial charge in [-0.25, -0.2) is 9.97 Å². The molecule has 1 aliphatic heterocycles. The van der Waals surface area contributed by atoms with Crippen molar-refractivity contribution in [3.8, 4) is 0 Å². The minimum absolute atomic E-state index is 0.0936. The van der Waals surface area contributed by atoms with E-state index in [2.05, 4.69) is 15.3 Å². The van der Waals surface area contributed by atoms with Crippen LogP contribution in [0.1, 0.15) is 5.69 Å². The fourth-order valence-corrected chi connectivity index (χ4v) is 2.13. The maximum atomic E-state index is 11.7. The first-order chi connectivity index (χ1) is 9.65. The molecule has 3 N–H and O–H groups in total. The van der Waals surface area contributed by atoms with Crippen molar-refractivity contribution in [3.63, 3.8) is 0 Å². The Bertz CT molecular complexity index is 685. The van der Waals surface area contributed by atoms with Gasteiger partial charge in [0.05, 0.1) is 23.8 Å². The van der Waals surface area contributed by atoms with E-state index in [0.29, 0.717) is 11.5 Å². The highest BCUT2D eigenvalue weighted by Crippen LogP contribution is 2.33. The zero-order valence-corrected chi connectivity index (χ0v) is 11.2. The molecule has 2 aromatic rings. The molecule has 20 heavy (non-hydrogen) atoms. The molecular weight excluding hydrogens is 274 g/mol. The van der Waals surface area contributed by atoms with Crippen LogP contribution in [0.3, 0.4) is 0 Å². The van der Waals surface area contributed by atoms with Gasteiger partial charge in [-0.05, 0) is 12.1 Å². The number of amides is 1. The van der Waals surface area contributed by atoms with Crippen molar-refractivity contribution < 1.29 is 4.79 Å². The molecule has 1 aromatic carbocycles. The summed E-state index contributed by atoms with van der Waals surface area (Å²) in [6.07, 6.45) is 3.07. The number of anilines is 3. The van der Waals surface area contributed by atoms with E-state index in [-0.39, 0.29) is 17.4 Å². The van der Waals surface area contributed by atoms with Crippen molar-refractivity contribution in [1.29, 1.82) is 0 Å². The van der Waals surface area contributed by atoms with Gasteiger partial charge in [0.25, 0.3) is 0 Å². The van der Waals surface area contributed by atoms with Crippen LogP contribution in [0.4, 0.5) is 17.2 Å². The lowest BCUT2D eigenvalue weighted by Crippen LogP contribution is -2.35. The molecule has 0 radical (unpaired) electrons. The largest absolute Gasteiger partial charge is 0.388 e. The number of fused-ring (bicyclic) bond motifs is 1. The number of hydrogen-bond acceptors (Lipinski definition) is 5. The number of nitrogens with one attached hydrogen (secondary N) is 1. The number of benzene rings is 1. The summed E-state index contributed by atoms with van der Waals surface area (Å²) in [7, 11) is 0. The Morgan fingerprint density at radius 3 is 2.80 bits per heavy atom. The standard InChI is InChI=1S/C13H11N5OS/c14-13(20)9-5-16-11(6-15-9)18-7-12(19)17-8-3-1-2-4-10(8)18/h1-6H,7H2,(H2,14,20)(H,17,19). The van der Waals surface area contributed by atoms with Gasteiger partial charge in [0.15, 0.2) is 5.82 Å². The molecule has 7 heteroatoms. The number of aromatic nitrogens is 2. The topological polar surface area (TPSA) is 84.1 Å². The second-order valence-electron chi connectivity index (χ2n) is 4.28. The maximum absolute atomic E-state index is 11.7. The summed E-state index contributed by atoms with van der Waals surface area (Å²) in [5.74, 6) is 0.483. The van der Waals surface area contributed by atoms with Crippen LogP contribution in [0, 0.1) is 0 Å². The average molecular weight is 285 g/mol. The van der Waals surface area contributed by atoms with Crippen LogP contribution in [0.15, 0.2) is 36.7 Å². The minimum Gasteiger partial charge on any atom is -0.388 e. The van der Waals surface area contributed by atoms with E-state index in [1.54, 1.807) is 11.1 Å². The third kappa shape index (κ3) is 2.19. The molecule has 0 aliphatic carbocycles. The summed E-state index contributed by atoms with van der Waals surface area (Å²) in [6.45, 7) is 0.193. The van der Waals surface area contributed by atoms with Gasteiger partial charge < -0.3 is 16.0 Å². The Labute approximate surface area is 120 Å². The van der Waals surface area contributed by atoms with E-state index < -0.39 is 0 Å². The van der Waals surface area contributed by atoms with Gasteiger partial charge in [-0.3, -0.25) is 4.79 Å². The number of nitrogens with zero attached hydrogens (tertiary/aromatic N) is 3. The zero-order valence-electron chi connectivity index (χ0n) is 10.4. The quantitative estimate of drug-likeness (QED) is 0.807. The van der Waals surface area contributed by atoms with Crippen molar-refractivity contribution in [2.75, 3.05) is 16.8 Å². The average Bonchev–Trinajstić information content (AvgIpc) is 2.46. The molecule has 0 saturated heterocycles. The molecule has 0 atom stereocenters. The van der Waals surface area contributed by atoms with Gasteiger partial charge in [-0.2, -0.15) is 0 Å². The first-order valence-corrected chi connectivity index (χ1v) is 6.34. The molecule has 0 fully saturated rings.